The van der Waals surface area contributed by atoms with Crippen molar-refractivity contribution < 1.29 is 9.21 Å². The Balaban J connectivity index is 1.73. The predicted molar refractivity (Wildman–Crippen MR) is 95.4 cm³/mol. The van der Waals surface area contributed by atoms with Crippen LogP contribution in [0.5, 0.6) is 0 Å². The van der Waals surface area contributed by atoms with Gasteiger partial charge in [-0.3, -0.25) is 9.78 Å². The molecule has 2 heterocycles. The summed E-state index contributed by atoms with van der Waals surface area (Å²) in [4.78, 5) is 28.6. The third kappa shape index (κ3) is 2.87. The summed E-state index contributed by atoms with van der Waals surface area (Å²) in [7, 11) is 0. The Hall–Kier alpha value is -3.47. The quantitative estimate of drug-likeness (QED) is 0.462. The summed E-state index contributed by atoms with van der Waals surface area (Å²) < 4.78 is 5.35. The van der Waals surface area contributed by atoms with Gasteiger partial charge < -0.3 is 9.73 Å². The first-order valence-electron chi connectivity index (χ1n) is 7.85. The molecule has 0 aliphatic carbocycles. The second-order valence-electron chi connectivity index (χ2n) is 5.69. The lowest BCUT2D eigenvalue weighted by Gasteiger charge is -2.07. The Kier molecular flexibility index (Phi) is 3.74. The number of aromatic nitrogens is 1. The Morgan fingerprint density at radius 2 is 1.92 bits per heavy atom. The molecule has 0 bridgehead atoms. The smallest absolute Gasteiger partial charge is 0.349 e. The second kappa shape index (κ2) is 6.20. The van der Waals surface area contributed by atoms with Gasteiger partial charge in [-0.2, -0.15) is 0 Å². The van der Waals surface area contributed by atoms with E-state index in [2.05, 4.69) is 10.3 Å². The van der Waals surface area contributed by atoms with Crippen LogP contribution in [0.4, 0.5) is 0 Å². The van der Waals surface area contributed by atoms with Crippen molar-refractivity contribution in [1.82, 2.24) is 10.3 Å². The number of benzene rings is 2. The standard InChI is InChI=1S/C20H14N2O3/c23-19(22-12-13-4-3-9-21-11-13)17-10-16-15-6-2-1-5-14(15)7-8-18(16)25-20(17)24/h1-11H,12H2,(H,22,23). The maximum absolute atomic E-state index is 12.4. The lowest BCUT2D eigenvalue weighted by atomic mass is 10.0. The van der Waals surface area contributed by atoms with Gasteiger partial charge in [0, 0.05) is 24.3 Å². The average Bonchev–Trinajstić information content (AvgIpc) is 2.66. The van der Waals surface area contributed by atoms with Crippen LogP contribution in [0.3, 0.4) is 0 Å². The first kappa shape index (κ1) is 15.1. The molecule has 0 radical (unpaired) electrons. The van der Waals surface area contributed by atoms with Gasteiger partial charge in [-0.25, -0.2) is 4.79 Å². The molecule has 2 aromatic heterocycles. The van der Waals surface area contributed by atoms with Crippen LogP contribution in [0.2, 0.25) is 0 Å². The zero-order valence-corrected chi connectivity index (χ0v) is 13.2. The van der Waals surface area contributed by atoms with E-state index in [4.69, 9.17) is 4.42 Å². The first-order chi connectivity index (χ1) is 12.2. The minimum Gasteiger partial charge on any atom is -0.422 e. The van der Waals surface area contributed by atoms with Crippen LogP contribution in [0.25, 0.3) is 21.7 Å². The lowest BCUT2D eigenvalue weighted by Crippen LogP contribution is -2.27. The molecule has 0 saturated carbocycles. The van der Waals surface area contributed by atoms with Crippen LogP contribution in [-0.2, 0) is 6.54 Å². The van der Waals surface area contributed by atoms with Gasteiger partial charge in [0.25, 0.3) is 5.91 Å². The van der Waals surface area contributed by atoms with Crippen LogP contribution < -0.4 is 10.9 Å². The number of carbonyl (C=O) groups is 1. The van der Waals surface area contributed by atoms with Gasteiger partial charge in [0.1, 0.15) is 11.1 Å². The fraction of sp³-hybridized carbons (Fsp3) is 0.0500. The van der Waals surface area contributed by atoms with E-state index in [9.17, 15) is 9.59 Å². The molecule has 122 valence electrons. The summed E-state index contributed by atoms with van der Waals surface area (Å²) in [6, 6.07) is 16.6. The van der Waals surface area contributed by atoms with E-state index in [-0.39, 0.29) is 5.56 Å². The van der Waals surface area contributed by atoms with E-state index in [1.54, 1.807) is 30.6 Å². The monoisotopic (exact) mass is 330 g/mol. The lowest BCUT2D eigenvalue weighted by molar-refractivity contribution is 0.0947. The highest BCUT2D eigenvalue weighted by molar-refractivity contribution is 6.07. The van der Waals surface area contributed by atoms with Crippen LogP contribution in [-0.4, -0.2) is 10.9 Å². The summed E-state index contributed by atoms with van der Waals surface area (Å²) in [5.41, 5.74) is 0.665. The normalized spacial score (nSPS) is 10.9. The van der Waals surface area contributed by atoms with Crippen molar-refractivity contribution in [2.24, 2.45) is 0 Å². The molecule has 1 amide bonds. The Bertz CT molecular complexity index is 1130. The largest absolute Gasteiger partial charge is 0.422 e. The minimum absolute atomic E-state index is 0.00672. The zero-order valence-electron chi connectivity index (χ0n) is 13.2. The predicted octanol–water partition coefficient (Wildman–Crippen LogP) is 3.27. The molecule has 0 fully saturated rings. The van der Waals surface area contributed by atoms with Crippen molar-refractivity contribution in [2.75, 3.05) is 0 Å². The van der Waals surface area contributed by atoms with Gasteiger partial charge in [-0.15, -0.1) is 0 Å². The van der Waals surface area contributed by atoms with Crippen LogP contribution in [0, 0.1) is 0 Å². The second-order valence-corrected chi connectivity index (χ2v) is 5.69. The van der Waals surface area contributed by atoms with Gasteiger partial charge in [0.05, 0.1) is 0 Å². The fourth-order valence-electron chi connectivity index (χ4n) is 2.81. The molecular weight excluding hydrogens is 316 g/mol. The van der Waals surface area contributed by atoms with E-state index in [1.807, 2.05) is 36.4 Å². The van der Waals surface area contributed by atoms with Crippen LogP contribution >= 0.6 is 0 Å². The molecule has 1 N–H and O–H groups in total. The number of amides is 1. The van der Waals surface area contributed by atoms with Crippen molar-refractivity contribution in [3.8, 4) is 0 Å². The summed E-state index contributed by atoms with van der Waals surface area (Å²) in [5.74, 6) is -0.465. The van der Waals surface area contributed by atoms with E-state index >= 15 is 0 Å². The van der Waals surface area contributed by atoms with Gasteiger partial charge in [0.15, 0.2) is 0 Å². The minimum atomic E-state index is -0.647. The van der Waals surface area contributed by atoms with E-state index < -0.39 is 11.5 Å². The third-order valence-electron chi connectivity index (χ3n) is 4.06. The van der Waals surface area contributed by atoms with Crippen molar-refractivity contribution in [2.45, 2.75) is 6.54 Å². The van der Waals surface area contributed by atoms with Crippen molar-refractivity contribution in [1.29, 1.82) is 0 Å². The average molecular weight is 330 g/mol. The molecule has 5 nitrogen and oxygen atoms in total. The van der Waals surface area contributed by atoms with Gasteiger partial charge in [0.2, 0.25) is 0 Å². The molecule has 0 spiro atoms. The number of nitrogens with zero attached hydrogens (tertiary/aromatic N) is 1. The molecule has 0 unspecified atom stereocenters. The highest BCUT2D eigenvalue weighted by atomic mass is 16.4. The van der Waals surface area contributed by atoms with Crippen LogP contribution in [0.15, 0.2) is 76.2 Å². The van der Waals surface area contributed by atoms with Crippen molar-refractivity contribution >= 4 is 27.6 Å². The molecule has 5 heteroatoms. The summed E-state index contributed by atoms with van der Waals surface area (Å²) in [6.45, 7) is 0.291. The van der Waals surface area contributed by atoms with Crippen molar-refractivity contribution in [3.63, 3.8) is 0 Å². The van der Waals surface area contributed by atoms with Gasteiger partial charge in [-0.1, -0.05) is 36.4 Å². The Morgan fingerprint density at radius 3 is 2.76 bits per heavy atom. The number of carbonyl (C=O) groups excluding carboxylic acids is 1. The maximum atomic E-state index is 12.4. The van der Waals surface area contributed by atoms with E-state index in [0.717, 1.165) is 21.7 Å². The molecule has 0 aliphatic heterocycles. The summed E-state index contributed by atoms with van der Waals surface area (Å²) in [5, 5.41) is 5.42. The fourth-order valence-corrected chi connectivity index (χ4v) is 2.81. The molecule has 25 heavy (non-hydrogen) atoms. The molecule has 0 aliphatic rings. The summed E-state index contributed by atoms with van der Waals surface area (Å²) in [6.07, 6.45) is 3.32. The van der Waals surface area contributed by atoms with Crippen LogP contribution in [0.1, 0.15) is 15.9 Å². The molecule has 4 rings (SSSR count). The molecule has 0 atom stereocenters. The Morgan fingerprint density at radius 1 is 1.04 bits per heavy atom. The highest BCUT2D eigenvalue weighted by Crippen LogP contribution is 2.24. The highest BCUT2D eigenvalue weighted by Gasteiger charge is 2.14. The molecule has 2 aromatic carbocycles. The van der Waals surface area contributed by atoms with E-state index in [0.29, 0.717) is 12.1 Å². The molecular formula is C20H14N2O3. The van der Waals surface area contributed by atoms with E-state index in [1.165, 1.54) is 0 Å². The number of rotatable bonds is 3. The van der Waals surface area contributed by atoms with Crippen molar-refractivity contribution in [3.05, 3.63) is 88.5 Å². The molecule has 0 saturated heterocycles. The van der Waals surface area contributed by atoms with Gasteiger partial charge in [-0.05, 0) is 34.5 Å². The number of pyridine rings is 1. The Labute approximate surface area is 142 Å². The maximum Gasteiger partial charge on any atom is 0.349 e. The number of nitrogens with one attached hydrogen (secondary N) is 1. The third-order valence-corrected chi connectivity index (χ3v) is 4.06. The molecule has 4 aromatic rings. The topological polar surface area (TPSA) is 72.2 Å². The summed E-state index contributed by atoms with van der Waals surface area (Å²) >= 11 is 0. The van der Waals surface area contributed by atoms with Gasteiger partial charge >= 0.3 is 5.63 Å². The zero-order chi connectivity index (χ0) is 17.2. The first-order valence-corrected chi connectivity index (χ1v) is 7.85. The SMILES string of the molecule is O=C(NCc1cccnc1)c1cc2c(ccc3ccccc32)oc1=O. The number of fused-ring (bicyclic) bond motifs is 3. The number of hydrogen-bond donors (Lipinski definition) is 1. The number of hydrogen-bond acceptors (Lipinski definition) is 4.